The second-order valence-corrected chi connectivity index (χ2v) is 4.62. The number of ether oxygens (including phenoxy) is 1. The van der Waals surface area contributed by atoms with Gasteiger partial charge in [0.25, 0.3) is 0 Å². The van der Waals surface area contributed by atoms with Crippen molar-refractivity contribution in [2.24, 2.45) is 0 Å². The molecular formula is C15H15NO4. The van der Waals surface area contributed by atoms with E-state index in [9.17, 15) is 14.7 Å². The molecule has 104 valence electrons. The minimum absolute atomic E-state index is 0.0553. The van der Waals surface area contributed by atoms with Crippen LogP contribution in [0, 0.1) is 0 Å². The third kappa shape index (κ3) is 2.42. The van der Waals surface area contributed by atoms with E-state index < -0.39 is 11.9 Å². The molecule has 5 nitrogen and oxygen atoms in total. The third-order valence-corrected chi connectivity index (χ3v) is 3.11. The predicted molar refractivity (Wildman–Crippen MR) is 76.6 cm³/mol. The van der Waals surface area contributed by atoms with Crippen molar-refractivity contribution in [1.29, 1.82) is 0 Å². The van der Waals surface area contributed by atoms with E-state index in [1.807, 2.05) is 37.2 Å². The van der Waals surface area contributed by atoms with Crippen molar-refractivity contribution in [2.45, 2.75) is 0 Å². The van der Waals surface area contributed by atoms with Crippen molar-refractivity contribution < 1.29 is 19.4 Å². The minimum atomic E-state index is -1.15. The molecule has 0 aliphatic rings. The normalized spacial score (nSPS) is 10.3. The Morgan fingerprint density at radius 2 is 1.70 bits per heavy atom. The number of fused-ring (bicyclic) bond motifs is 1. The number of hydrogen-bond donors (Lipinski definition) is 1. The number of aromatic carboxylic acids is 1. The molecule has 2 aromatic carbocycles. The van der Waals surface area contributed by atoms with E-state index in [-0.39, 0.29) is 11.1 Å². The van der Waals surface area contributed by atoms with Crippen LogP contribution in [0.25, 0.3) is 10.8 Å². The summed E-state index contributed by atoms with van der Waals surface area (Å²) >= 11 is 0. The molecule has 0 aliphatic carbocycles. The maximum atomic E-state index is 11.7. The fourth-order valence-electron chi connectivity index (χ4n) is 2.02. The lowest BCUT2D eigenvalue weighted by molar-refractivity contribution is 0.0583. The Labute approximate surface area is 116 Å². The van der Waals surface area contributed by atoms with Crippen LogP contribution in [0.1, 0.15) is 20.7 Å². The molecule has 0 atom stereocenters. The van der Waals surface area contributed by atoms with Gasteiger partial charge in [0.1, 0.15) is 0 Å². The van der Waals surface area contributed by atoms with Crippen molar-refractivity contribution in [2.75, 3.05) is 26.1 Å². The van der Waals surface area contributed by atoms with Gasteiger partial charge in [0.2, 0.25) is 0 Å². The lowest BCUT2D eigenvalue weighted by Gasteiger charge is -2.14. The number of nitrogens with zero attached hydrogens (tertiary/aromatic N) is 1. The quantitative estimate of drug-likeness (QED) is 0.870. The van der Waals surface area contributed by atoms with Crippen molar-refractivity contribution in [3.05, 3.63) is 41.5 Å². The fourth-order valence-corrected chi connectivity index (χ4v) is 2.02. The number of carboxylic acid groups (broad SMARTS) is 1. The summed E-state index contributed by atoms with van der Waals surface area (Å²) in [5.41, 5.74) is 0.963. The number of anilines is 1. The zero-order valence-electron chi connectivity index (χ0n) is 11.5. The SMILES string of the molecule is COC(=O)c1cc2ccc(N(C)C)cc2cc1C(=O)O. The molecule has 5 heteroatoms. The number of carboxylic acids is 1. The van der Waals surface area contributed by atoms with Crippen molar-refractivity contribution in [3.8, 4) is 0 Å². The summed E-state index contributed by atoms with van der Waals surface area (Å²) in [4.78, 5) is 24.9. The van der Waals surface area contributed by atoms with E-state index in [0.717, 1.165) is 16.5 Å². The van der Waals surface area contributed by atoms with Gasteiger partial charge in [-0.15, -0.1) is 0 Å². The van der Waals surface area contributed by atoms with Crippen LogP contribution in [0.15, 0.2) is 30.3 Å². The van der Waals surface area contributed by atoms with Gasteiger partial charge in [0, 0.05) is 19.8 Å². The zero-order chi connectivity index (χ0) is 14.9. The van der Waals surface area contributed by atoms with E-state index in [0.29, 0.717) is 0 Å². The molecule has 20 heavy (non-hydrogen) atoms. The third-order valence-electron chi connectivity index (χ3n) is 3.11. The standard InChI is InChI=1S/C15H15NO4/c1-16(2)11-5-4-9-7-13(15(19)20-3)12(14(17)18)8-10(9)6-11/h4-8H,1-3H3,(H,17,18). The van der Waals surface area contributed by atoms with Crippen LogP contribution in [-0.2, 0) is 4.74 Å². The first-order chi connectivity index (χ1) is 9.43. The maximum Gasteiger partial charge on any atom is 0.338 e. The van der Waals surface area contributed by atoms with E-state index in [4.69, 9.17) is 0 Å². The van der Waals surface area contributed by atoms with Crippen LogP contribution in [0.2, 0.25) is 0 Å². The largest absolute Gasteiger partial charge is 0.478 e. The molecule has 0 saturated carbocycles. The molecule has 0 unspecified atom stereocenters. The minimum Gasteiger partial charge on any atom is -0.478 e. The smallest absolute Gasteiger partial charge is 0.338 e. The Kier molecular flexibility index (Phi) is 3.61. The fraction of sp³-hybridized carbons (Fsp3) is 0.200. The number of rotatable bonds is 3. The summed E-state index contributed by atoms with van der Waals surface area (Å²) < 4.78 is 4.63. The topological polar surface area (TPSA) is 66.8 Å². The molecule has 2 aromatic rings. The number of carbonyl (C=O) groups excluding carboxylic acids is 1. The zero-order valence-corrected chi connectivity index (χ0v) is 11.5. The molecule has 0 fully saturated rings. The van der Waals surface area contributed by atoms with Gasteiger partial charge in [-0.25, -0.2) is 9.59 Å². The molecule has 0 amide bonds. The summed E-state index contributed by atoms with van der Waals surface area (Å²) in [5, 5.41) is 10.8. The second kappa shape index (κ2) is 5.21. The van der Waals surface area contributed by atoms with E-state index in [1.54, 1.807) is 6.07 Å². The predicted octanol–water partition coefficient (Wildman–Crippen LogP) is 2.39. The Morgan fingerprint density at radius 3 is 2.25 bits per heavy atom. The Balaban J connectivity index is 2.71. The highest BCUT2D eigenvalue weighted by molar-refractivity contribution is 6.07. The van der Waals surface area contributed by atoms with Gasteiger partial charge in [0.15, 0.2) is 0 Å². The molecular weight excluding hydrogens is 258 g/mol. The van der Waals surface area contributed by atoms with E-state index >= 15 is 0 Å². The molecule has 0 bridgehead atoms. The first-order valence-corrected chi connectivity index (χ1v) is 6.00. The lowest BCUT2D eigenvalue weighted by Crippen LogP contribution is -2.11. The highest BCUT2D eigenvalue weighted by Crippen LogP contribution is 2.25. The molecule has 0 radical (unpaired) electrons. The maximum absolute atomic E-state index is 11.7. The van der Waals surface area contributed by atoms with Gasteiger partial charge >= 0.3 is 11.9 Å². The van der Waals surface area contributed by atoms with E-state index in [1.165, 1.54) is 13.2 Å². The van der Waals surface area contributed by atoms with Gasteiger partial charge in [-0.1, -0.05) is 6.07 Å². The lowest BCUT2D eigenvalue weighted by atomic mass is 10.0. The summed E-state index contributed by atoms with van der Waals surface area (Å²) in [6.45, 7) is 0. The summed E-state index contributed by atoms with van der Waals surface area (Å²) in [6.07, 6.45) is 0. The highest BCUT2D eigenvalue weighted by atomic mass is 16.5. The van der Waals surface area contributed by atoms with Gasteiger partial charge in [0.05, 0.1) is 18.2 Å². The van der Waals surface area contributed by atoms with Crippen LogP contribution in [-0.4, -0.2) is 38.3 Å². The average molecular weight is 273 g/mol. The number of methoxy groups -OCH3 is 1. The van der Waals surface area contributed by atoms with Crippen molar-refractivity contribution >= 4 is 28.4 Å². The Bertz CT molecular complexity index is 692. The van der Waals surface area contributed by atoms with Gasteiger partial charge in [-0.2, -0.15) is 0 Å². The number of benzene rings is 2. The summed E-state index contributed by atoms with van der Waals surface area (Å²) in [7, 11) is 5.04. The molecule has 0 heterocycles. The molecule has 2 rings (SSSR count). The average Bonchev–Trinajstić information content (AvgIpc) is 2.44. The second-order valence-electron chi connectivity index (χ2n) is 4.62. The van der Waals surface area contributed by atoms with E-state index in [2.05, 4.69) is 4.74 Å². The molecule has 0 aromatic heterocycles. The Morgan fingerprint density at radius 1 is 1.05 bits per heavy atom. The first kappa shape index (κ1) is 13.9. The van der Waals surface area contributed by atoms with Gasteiger partial charge in [-0.05, 0) is 35.0 Å². The number of hydrogen-bond acceptors (Lipinski definition) is 4. The van der Waals surface area contributed by atoms with Crippen molar-refractivity contribution in [3.63, 3.8) is 0 Å². The molecule has 0 spiro atoms. The van der Waals surface area contributed by atoms with Gasteiger partial charge in [-0.3, -0.25) is 0 Å². The van der Waals surface area contributed by atoms with Crippen LogP contribution in [0.4, 0.5) is 5.69 Å². The van der Waals surface area contributed by atoms with Gasteiger partial charge < -0.3 is 14.7 Å². The molecule has 0 saturated heterocycles. The van der Waals surface area contributed by atoms with Crippen LogP contribution >= 0.6 is 0 Å². The summed E-state index contributed by atoms with van der Waals surface area (Å²) in [5.74, 6) is -1.80. The van der Waals surface area contributed by atoms with Crippen LogP contribution < -0.4 is 4.90 Å². The first-order valence-electron chi connectivity index (χ1n) is 6.00. The van der Waals surface area contributed by atoms with Crippen LogP contribution in [0.5, 0.6) is 0 Å². The number of carbonyl (C=O) groups is 2. The van der Waals surface area contributed by atoms with Crippen LogP contribution in [0.3, 0.4) is 0 Å². The molecule has 0 aliphatic heterocycles. The molecule has 1 N–H and O–H groups in total. The monoisotopic (exact) mass is 273 g/mol. The summed E-state index contributed by atoms with van der Waals surface area (Å²) in [6, 6.07) is 8.68. The number of esters is 1. The highest BCUT2D eigenvalue weighted by Gasteiger charge is 2.18. The van der Waals surface area contributed by atoms with Crippen molar-refractivity contribution in [1.82, 2.24) is 0 Å². The Hall–Kier alpha value is -2.56.